The lowest BCUT2D eigenvalue weighted by atomic mass is 9.49. The molecule has 1 N–H and O–H groups in total. The summed E-state index contributed by atoms with van der Waals surface area (Å²) >= 11 is 0. The second-order valence-electron chi connectivity index (χ2n) is 11.2. The smallest absolute Gasteiger partial charge is 0.389 e. The highest BCUT2D eigenvalue weighted by molar-refractivity contribution is 5.94. The highest BCUT2D eigenvalue weighted by Gasteiger charge is 2.64. The number of nitriles is 1. The molecule has 0 aromatic heterocycles. The van der Waals surface area contributed by atoms with Gasteiger partial charge in [-0.3, -0.25) is 4.79 Å². The van der Waals surface area contributed by atoms with E-state index in [9.17, 15) is 23.2 Å². The molecule has 0 bridgehead atoms. The molecule has 0 atom stereocenters. The Morgan fingerprint density at radius 2 is 1.68 bits per heavy atom. The van der Waals surface area contributed by atoms with E-state index in [-0.39, 0.29) is 35.7 Å². The van der Waals surface area contributed by atoms with Gasteiger partial charge in [0.15, 0.2) is 0 Å². The normalized spacial score (nSPS) is 19.5. The molecule has 38 heavy (non-hydrogen) atoms. The number of aryl methyl sites for hydroxylation is 1. The van der Waals surface area contributed by atoms with Gasteiger partial charge in [-0.25, -0.2) is 4.85 Å². The Hall–Kier alpha value is -3.52. The van der Waals surface area contributed by atoms with Crippen molar-refractivity contribution in [1.82, 2.24) is 5.32 Å². The standard InChI is InChI=1S/C30H34F3N3O2/c1-28(2)26(29(3,4)27(28)38-23-15-16-24(35-5)22(18-23)19-34)36-25(37)21-13-11-20(12-14-21)10-8-6-7-9-17-30(31,32)33/h11-16,18,26-27H,6-10,17H2,1-4H3,(H,36,37). The second-order valence-corrected chi connectivity index (χ2v) is 11.2. The fourth-order valence-electron chi connectivity index (χ4n) is 5.76. The van der Waals surface area contributed by atoms with E-state index in [1.165, 1.54) is 0 Å². The van der Waals surface area contributed by atoms with Crippen LogP contribution in [-0.4, -0.2) is 24.2 Å². The first kappa shape index (κ1) is 29.0. The summed E-state index contributed by atoms with van der Waals surface area (Å²) in [6.07, 6.45) is -2.00. The van der Waals surface area contributed by atoms with Crippen LogP contribution in [0.2, 0.25) is 0 Å². The lowest BCUT2D eigenvalue weighted by molar-refractivity contribution is -0.164. The Morgan fingerprint density at radius 1 is 1.05 bits per heavy atom. The SMILES string of the molecule is [C-]#[N+]c1ccc(OC2C(C)(C)C(NC(=O)c3ccc(CCCCCCC(F)(F)F)cc3)C2(C)C)cc1C#N. The van der Waals surface area contributed by atoms with Gasteiger partial charge < -0.3 is 10.1 Å². The van der Waals surface area contributed by atoms with Gasteiger partial charge in [0.05, 0.1) is 18.2 Å². The van der Waals surface area contributed by atoms with Crippen LogP contribution in [0, 0.1) is 28.7 Å². The molecule has 2 aromatic rings. The molecule has 0 spiro atoms. The van der Waals surface area contributed by atoms with Gasteiger partial charge in [0.25, 0.3) is 5.91 Å². The van der Waals surface area contributed by atoms with Gasteiger partial charge in [-0.1, -0.05) is 58.7 Å². The number of amides is 1. The van der Waals surface area contributed by atoms with Crippen LogP contribution in [0.5, 0.6) is 5.75 Å². The molecule has 0 unspecified atom stereocenters. The van der Waals surface area contributed by atoms with E-state index in [0.717, 1.165) is 24.8 Å². The number of halogens is 3. The van der Waals surface area contributed by atoms with Gasteiger partial charge in [0.1, 0.15) is 11.9 Å². The van der Waals surface area contributed by atoms with Crippen LogP contribution in [0.4, 0.5) is 18.9 Å². The third-order valence-corrected chi connectivity index (χ3v) is 7.47. The minimum atomic E-state index is -4.08. The average Bonchev–Trinajstić information content (AvgIpc) is 2.86. The maximum atomic E-state index is 13.1. The van der Waals surface area contributed by atoms with E-state index in [1.807, 2.05) is 45.9 Å². The number of benzene rings is 2. The van der Waals surface area contributed by atoms with Crippen molar-refractivity contribution < 1.29 is 22.7 Å². The summed E-state index contributed by atoms with van der Waals surface area (Å²) in [5, 5.41) is 12.5. The summed E-state index contributed by atoms with van der Waals surface area (Å²) in [6, 6.07) is 14.1. The number of nitrogens with zero attached hydrogens (tertiary/aromatic N) is 2. The summed E-state index contributed by atoms with van der Waals surface area (Å²) in [5.74, 6) is 0.335. The number of carbonyl (C=O) groups excluding carboxylic acids is 1. The van der Waals surface area contributed by atoms with E-state index >= 15 is 0 Å². The maximum absolute atomic E-state index is 13.1. The number of carbonyl (C=O) groups is 1. The molecule has 202 valence electrons. The summed E-state index contributed by atoms with van der Waals surface area (Å²) in [4.78, 5) is 16.4. The number of ether oxygens (including phenoxy) is 1. The molecule has 1 fully saturated rings. The molecule has 1 aliphatic rings. The van der Waals surface area contributed by atoms with Crippen LogP contribution in [0.25, 0.3) is 4.85 Å². The summed E-state index contributed by atoms with van der Waals surface area (Å²) < 4.78 is 42.9. The molecule has 0 heterocycles. The highest BCUT2D eigenvalue weighted by Crippen LogP contribution is 2.55. The van der Waals surface area contributed by atoms with Crippen molar-refractivity contribution in [3.63, 3.8) is 0 Å². The van der Waals surface area contributed by atoms with Crippen molar-refractivity contribution in [1.29, 1.82) is 5.26 Å². The minimum Gasteiger partial charge on any atom is -0.489 e. The Kier molecular flexibility index (Phi) is 8.77. The number of hydrogen-bond acceptors (Lipinski definition) is 3. The number of unbranched alkanes of at least 4 members (excludes halogenated alkanes) is 3. The lowest BCUT2D eigenvalue weighted by Gasteiger charge is -2.63. The van der Waals surface area contributed by atoms with Crippen molar-refractivity contribution in [3.05, 3.63) is 70.6 Å². The van der Waals surface area contributed by atoms with Crippen LogP contribution in [-0.2, 0) is 6.42 Å². The van der Waals surface area contributed by atoms with E-state index < -0.39 is 23.4 Å². The number of rotatable bonds is 10. The number of nitrogens with one attached hydrogen (secondary N) is 1. The summed E-state index contributed by atoms with van der Waals surface area (Å²) in [7, 11) is 0. The van der Waals surface area contributed by atoms with Crippen LogP contribution in [0.3, 0.4) is 0 Å². The van der Waals surface area contributed by atoms with Crippen LogP contribution in [0.15, 0.2) is 42.5 Å². The van der Waals surface area contributed by atoms with Crippen molar-refractivity contribution in [2.24, 2.45) is 10.8 Å². The summed E-state index contributed by atoms with van der Waals surface area (Å²) in [6.45, 7) is 15.3. The molecule has 0 aliphatic heterocycles. The van der Waals surface area contributed by atoms with Gasteiger partial charge in [0, 0.05) is 28.9 Å². The Labute approximate surface area is 222 Å². The number of hydrogen-bond donors (Lipinski definition) is 1. The van der Waals surface area contributed by atoms with Crippen molar-refractivity contribution >= 4 is 11.6 Å². The van der Waals surface area contributed by atoms with E-state index in [0.29, 0.717) is 17.7 Å². The van der Waals surface area contributed by atoms with E-state index in [2.05, 4.69) is 10.2 Å². The minimum absolute atomic E-state index is 0.164. The zero-order chi connectivity index (χ0) is 28.1. The molecule has 8 heteroatoms. The molecular formula is C30H34F3N3O2. The van der Waals surface area contributed by atoms with Crippen LogP contribution in [0.1, 0.15) is 81.3 Å². The molecule has 0 radical (unpaired) electrons. The van der Waals surface area contributed by atoms with Crippen molar-refractivity contribution in [2.45, 2.75) is 84.5 Å². The first-order valence-electron chi connectivity index (χ1n) is 12.8. The molecule has 1 saturated carbocycles. The monoisotopic (exact) mass is 525 g/mol. The zero-order valence-corrected chi connectivity index (χ0v) is 22.3. The van der Waals surface area contributed by atoms with Gasteiger partial charge in [-0.15, -0.1) is 0 Å². The van der Waals surface area contributed by atoms with Gasteiger partial charge >= 0.3 is 6.18 Å². The first-order valence-corrected chi connectivity index (χ1v) is 12.8. The third-order valence-electron chi connectivity index (χ3n) is 7.47. The van der Waals surface area contributed by atoms with Gasteiger partial charge in [0.2, 0.25) is 5.69 Å². The fraction of sp³-hybridized carbons (Fsp3) is 0.500. The lowest BCUT2D eigenvalue weighted by Crippen LogP contribution is -2.74. The largest absolute Gasteiger partial charge is 0.489 e. The second kappa shape index (κ2) is 11.5. The van der Waals surface area contributed by atoms with Gasteiger partial charge in [-0.2, -0.15) is 18.4 Å². The zero-order valence-electron chi connectivity index (χ0n) is 22.3. The fourth-order valence-corrected chi connectivity index (χ4v) is 5.76. The predicted molar refractivity (Wildman–Crippen MR) is 140 cm³/mol. The number of alkyl halides is 3. The molecule has 1 aliphatic carbocycles. The maximum Gasteiger partial charge on any atom is 0.389 e. The Morgan fingerprint density at radius 3 is 2.26 bits per heavy atom. The highest BCUT2D eigenvalue weighted by atomic mass is 19.4. The van der Waals surface area contributed by atoms with Gasteiger partial charge in [-0.05, 0) is 49.1 Å². The van der Waals surface area contributed by atoms with E-state index in [1.54, 1.807) is 30.3 Å². The quantitative estimate of drug-likeness (QED) is 0.254. The third kappa shape index (κ3) is 6.67. The Balaban J connectivity index is 1.55. The Bertz CT molecular complexity index is 1210. The first-order chi connectivity index (χ1) is 17.8. The van der Waals surface area contributed by atoms with E-state index in [4.69, 9.17) is 11.3 Å². The van der Waals surface area contributed by atoms with Crippen LogP contribution < -0.4 is 10.1 Å². The van der Waals surface area contributed by atoms with Crippen LogP contribution >= 0.6 is 0 Å². The molecule has 2 aromatic carbocycles. The molecule has 0 saturated heterocycles. The predicted octanol–water partition coefficient (Wildman–Crippen LogP) is 7.78. The van der Waals surface area contributed by atoms with Crippen molar-refractivity contribution in [2.75, 3.05) is 0 Å². The van der Waals surface area contributed by atoms with Crippen molar-refractivity contribution in [3.8, 4) is 11.8 Å². The molecular weight excluding hydrogens is 491 g/mol. The topological polar surface area (TPSA) is 66.5 Å². The molecule has 5 nitrogen and oxygen atoms in total. The average molecular weight is 526 g/mol. The summed E-state index contributed by atoms with van der Waals surface area (Å²) in [5.41, 5.74) is 1.36. The molecule has 3 rings (SSSR count). The molecule has 1 amide bonds.